The van der Waals surface area contributed by atoms with Gasteiger partial charge >= 0.3 is 0 Å². The van der Waals surface area contributed by atoms with Gasteiger partial charge in [0.25, 0.3) is 0 Å². The lowest BCUT2D eigenvalue weighted by atomic mass is 10.0. The van der Waals surface area contributed by atoms with E-state index >= 15 is 0 Å². The number of nitrogens with one attached hydrogen (secondary N) is 1. The van der Waals surface area contributed by atoms with Gasteiger partial charge in [0.1, 0.15) is 11.8 Å². The Balaban J connectivity index is 2.69. The first-order valence-corrected chi connectivity index (χ1v) is 5.52. The molecule has 1 unspecified atom stereocenters. The standard InChI is InChI=1S/C13H18N2O2/c1-10(13(2,3)16)15-11-5-4-6-12(9-11)17-8-7-14/h4-6,9-10,15-16H,8H2,1-3H3. The molecule has 0 aromatic heterocycles. The van der Waals surface area contributed by atoms with Crippen LogP contribution in [0.3, 0.4) is 0 Å². The highest BCUT2D eigenvalue weighted by Gasteiger charge is 2.21. The Labute approximate surface area is 102 Å². The molecule has 0 saturated heterocycles. The number of nitriles is 1. The lowest BCUT2D eigenvalue weighted by Crippen LogP contribution is -2.39. The van der Waals surface area contributed by atoms with Gasteiger partial charge in [-0.2, -0.15) is 5.26 Å². The molecule has 4 nitrogen and oxygen atoms in total. The average Bonchev–Trinajstić information content (AvgIpc) is 2.25. The van der Waals surface area contributed by atoms with Crippen molar-refractivity contribution in [1.82, 2.24) is 0 Å². The summed E-state index contributed by atoms with van der Waals surface area (Å²) in [6.45, 7) is 5.44. The van der Waals surface area contributed by atoms with Crippen LogP contribution in [0, 0.1) is 11.3 Å². The monoisotopic (exact) mass is 234 g/mol. The third kappa shape index (κ3) is 4.33. The maximum absolute atomic E-state index is 9.82. The minimum absolute atomic E-state index is 0.0322. The molecule has 0 aliphatic rings. The van der Waals surface area contributed by atoms with E-state index < -0.39 is 5.60 Å². The highest BCUT2D eigenvalue weighted by Crippen LogP contribution is 2.20. The van der Waals surface area contributed by atoms with Gasteiger partial charge < -0.3 is 15.2 Å². The van der Waals surface area contributed by atoms with Crippen LogP contribution in [0.1, 0.15) is 20.8 Å². The maximum Gasteiger partial charge on any atom is 0.174 e. The summed E-state index contributed by atoms with van der Waals surface area (Å²) in [5.41, 5.74) is 0.0545. The number of aliphatic hydroxyl groups is 1. The van der Waals surface area contributed by atoms with Crippen molar-refractivity contribution in [2.24, 2.45) is 0 Å². The Morgan fingerprint density at radius 1 is 1.53 bits per heavy atom. The number of ether oxygens (including phenoxy) is 1. The van der Waals surface area contributed by atoms with Crippen LogP contribution in [0.5, 0.6) is 5.75 Å². The fourth-order valence-electron chi connectivity index (χ4n) is 1.22. The molecular weight excluding hydrogens is 216 g/mol. The van der Waals surface area contributed by atoms with Crippen molar-refractivity contribution in [3.63, 3.8) is 0 Å². The minimum atomic E-state index is -0.802. The maximum atomic E-state index is 9.82. The van der Waals surface area contributed by atoms with Crippen molar-refractivity contribution in [2.45, 2.75) is 32.4 Å². The molecule has 1 atom stereocenters. The zero-order valence-electron chi connectivity index (χ0n) is 10.4. The summed E-state index contributed by atoms with van der Waals surface area (Å²) < 4.78 is 5.20. The molecule has 1 aromatic carbocycles. The Morgan fingerprint density at radius 3 is 2.82 bits per heavy atom. The minimum Gasteiger partial charge on any atom is -0.479 e. The van der Waals surface area contributed by atoms with Gasteiger partial charge in [0.2, 0.25) is 0 Å². The van der Waals surface area contributed by atoms with Crippen LogP contribution in [-0.2, 0) is 0 Å². The zero-order valence-corrected chi connectivity index (χ0v) is 10.4. The Morgan fingerprint density at radius 2 is 2.24 bits per heavy atom. The molecule has 17 heavy (non-hydrogen) atoms. The second-order valence-corrected chi connectivity index (χ2v) is 4.49. The van der Waals surface area contributed by atoms with E-state index in [2.05, 4.69) is 5.32 Å². The molecule has 92 valence electrons. The quantitative estimate of drug-likeness (QED) is 0.819. The van der Waals surface area contributed by atoms with E-state index in [0.717, 1.165) is 5.69 Å². The number of hydrogen-bond donors (Lipinski definition) is 2. The van der Waals surface area contributed by atoms with Crippen molar-refractivity contribution in [2.75, 3.05) is 11.9 Å². The van der Waals surface area contributed by atoms with E-state index in [1.807, 2.05) is 25.1 Å². The zero-order chi connectivity index (χ0) is 12.9. The Bertz CT molecular complexity index is 405. The lowest BCUT2D eigenvalue weighted by Gasteiger charge is -2.27. The molecule has 0 aliphatic carbocycles. The van der Waals surface area contributed by atoms with Gasteiger partial charge in [0.05, 0.1) is 11.6 Å². The summed E-state index contributed by atoms with van der Waals surface area (Å²) in [4.78, 5) is 0. The first-order chi connectivity index (χ1) is 7.93. The molecule has 0 bridgehead atoms. The first-order valence-electron chi connectivity index (χ1n) is 5.52. The first kappa shape index (κ1) is 13.3. The molecule has 0 radical (unpaired) electrons. The van der Waals surface area contributed by atoms with Crippen molar-refractivity contribution >= 4 is 5.69 Å². The van der Waals surface area contributed by atoms with E-state index in [4.69, 9.17) is 10.00 Å². The van der Waals surface area contributed by atoms with Gasteiger partial charge in [-0.25, -0.2) is 0 Å². The van der Waals surface area contributed by atoms with Crippen LogP contribution in [0.2, 0.25) is 0 Å². The molecule has 1 rings (SSSR count). The van der Waals surface area contributed by atoms with Gasteiger partial charge in [-0.05, 0) is 32.9 Å². The number of hydrogen-bond acceptors (Lipinski definition) is 4. The SMILES string of the molecule is CC(Nc1cccc(OCC#N)c1)C(C)(C)O. The smallest absolute Gasteiger partial charge is 0.174 e. The lowest BCUT2D eigenvalue weighted by molar-refractivity contribution is 0.0649. The molecule has 0 spiro atoms. The predicted octanol–water partition coefficient (Wildman–Crippen LogP) is 2.16. The molecule has 1 aromatic rings. The largest absolute Gasteiger partial charge is 0.479 e. The molecule has 0 heterocycles. The van der Waals surface area contributed by atoms with Crippen molar-refractivity contribution < 1.29 is 9.84 Å². The molecule has 0 fully saturated rings. The fraction of sp³-hybridized carbons (Fsp3) is 0.462. The summed E-state index contributed by atoms with van der Waals surface area (Å²) in [6, 6.07) is 9.15. The predicted molar refractivity (Wildman–Crippen MR) is 66.9 cm³/mol. The molecule has 2 N–H and O–H groups in total. The number of anilines is 1. The Hall–Kier alpha value is -1.73. The third-order valence-corrected chi connectivity index (χ3v) is 2.58. The molecule has 0 amide bonds. The molecule has 4 heteroatoms. The van der Waals surface area contributed by atoms with Crippen molar-refractivity contribution in [3.05, 3.63) is 24.3 Å². The Kier molecular flexibility index (Phi) is 4.36. The summed E-state index contributed by atoms with van der Waals surface area (Å²) in [7, 11) is 0. The molecule has 0 saturated carbocycles. The van der Waals surface area contributed by atoms with Crippen molar-refractivity contribution in [3.8, 4) is 11.8 Å². The van der Waals surface area contributed by atoms with E-state index in [1.54, 1.807) is 26.0 Å². The van der Waals surface area contributed by atoms with Gasteiger partial charge in [-0.15, -0.1) is 0 Å². The molecule has 0 aliphatic heterocycles. The number of benzene rings is 1. The summed E-state index contributed by atoms with van der Waals surface area (Å²) >= 11 is 0. The van der Waals surface area contributed by atoms with E-state index in [0.29, 0.717) is 5.75 Å². The van der Waals surface area contributed by atoms with Crippen LogP contribution in [0.4, 0.5) is 5.69 Å². The second-order valence-electron chi connectivity index (χ2n) is 4.49. The number of rotatable bonds is 5. The number of nitrogens with zero attached hydrogens (tertiary/aromatic N) is 1. The van der Waals surface area contributed by atoms with Gasteiger partial charge in [-0.1, -0.05) is 6.07 Å². The summed E-state index contributed by atoms with van der Waals surface area (Å²) in [5, 5.41) is 21.4. The highest BCUT2D eigenvalue weighted by molar-refractivity contribution is 5.49. The van der Waals surface area contributed by atoms with E-state index in [9.17, 15) is 5.11 Å². The van der Waals surface area contributed by atoms with Crippen LogP contribution < -0.4 is 10.1 Å². The van der Waals surface area contributed by atoms with Gasteiger partial charge in [-0.3, -0.25) is 0 Å². The summed E-state index contributed by atoms with van der Waals surface area (Å²) in [5.74, 6) is 0.638. The van der Waals surface area contributed by atoms with E-state index in [-0.39, 0.29) is 12.6 Å². The highest BCUT2D eigenvalue weighted by atomic mass is 16.5. The van der Waals surface area contributed by atoms with Crippen LogP contribution >= 0.6 is 0 Å². The molecular formula is C13H18N2O2. The van der Waals surface area contributed by atoms with Crippen LogP contribution in [0.25, 0.3) is 0 Å². The van der Waals surface area contributed by atoms with Gasteiger partial charge in [0, 0.05) is 11.8 Å². The third-order valence-electron chi connectivity index (χ3n) is 2.58. The fourth-order valence-corrected chi connectivity index (χ4v) is 1.22. The topological polar surface area (TPSA) is 65.3 Å². The van der Waals surface area contributed by atoms with E-state index in [1.165, 1.54) is 0 Å². The average molecular weight is 234 g/mol. The van der Waals surface area contributed by atoms with Gasteiger partial charge in [0.15, 0.2) is 6.61 Å². The van der Waals surface area contributed by atoms with Crippen molar-refractivity contribution in [1.29, 1.82) is 5.26 Å². The second kappa shape index (κ2) is 5.55. The normalized spacial score (nSPS) is 12.6. The van der Waals surface area contributed by atoms with Crippen LogP contribution in [0.15, 0.2) is 24.3 Å². The summed E-state index contributed by atoms with van der Waals surface area (Å²) in [6.07, 6.45) is 0. The van der Waals surface area contributed by atoms with Crippen LogP contribution in [-0.4, -0.2) is 23.4 Å².